The number of nitrogens with one attached hydrogen (secondary N) is 1. The van der Waals surface area contributed by atoms with Crippen LogP contribution in [0.3, 0.4) is 0 Å². The molecule has 0 aliphatic rings. The number of carboxylic acids is 2. The molecule has 8 heteroatoms. The van der Waals surface area contributed by atoms with Crippen molar-refractivity contribution in [3.05, 3.63) is 0 Å². The summed E-state index contributed by atoms with van der Waals surface area (Å²) in [6.45, 7) is 3.34. The van der Waals surface area contributed by atoms with Crippen molar-refractivity contribution in [1.82, 2.24) is 10.2 Å². The number of unbranched alkanes of at least 4 members (excludes halogenated alkanes) is 7. The van der Waals surface area contributed by atoms with Crippen LogP contribution in [0.4, 0.5) is 0 Å². The molecule has 0 saturated carbocycles. The number of hydrogen-bond donors (Lipinski definition) is 4. The molecule has 0 saturated heterocycles. The molecule has 4 N–H and O–H groups in total. The first kappa shape index (κ1) is 28.3. The van der Waals surface area contributed by atoms with Gasteiger partial charge in [-0.25, -0.2) is 0 Å². The third kappa shape index (κ3) is 16.2. The van der Waals surface area contributed by atoms with E-state index >= 15 is 0 Å². The summed E-state index contributed by atoms with van der Waals surface area (Å²) in [5, 5.41) is 30.0. The third-order valence-corrected chi connectivity index (χ3v) is 5.22. The van der Waals surface area contributed by atoms with Gasteiger partial charge < -0.3 is 25.5 Å². The molecule has 0 aromatic carbocycles. The van der Waals surface area contributed by atoms with E-state index in [0.29, 0.717) is 32.5 Å². The number of amides is 1. The Morgan fingerprint density at radius 2 is 1.40 bits per heavy atom. The van der Waals surface area contributed by atoms with E-state index in [1.807, 2.05) is 0 Å². The second kappa shape index (κ2) is 19.3. The summed E-state index contributed by atoms with van der Waals surface area (Å²) >= 11 is 0. The fourth-order valence-corrected chi connectivity index (χ4v) is 3.46. The number of aliphatic carboxylic acids is 2. The highest BCUT2D eigenvalue weighted by Gasteiger charge is 2.24. The smallest absolute Gasteiger partial charge is 0.304 e. The van der Waals surface area contributed by atoms with Gasteiger partial charge in [-0.2, -0.15) is 0 Å². The maximum absolute atomic E-state index is 13.0. The Balaban J connectivity index is 4.50. The molecule has 0 spiro atoms. The van der Waals surface area contributed by atoms with Crippen LogP contribution in [-0.2, 0) is 14.4 Å². The number of carboxylic acid groups (broad SMARTS) is 2. The van der Waals surface area contributed by atoms with E-state index < -0.39 is 11.9 Å². The summed E-state index contributed by atoms with van der Waals surface area (Å²) in [5.74, 6) is -2.27. The summed E-state index contributed by atoms with van der Waals surface area (Å²) in [7, 11) is 0. The van der Waals surface area contributed by atoms with E-state index in [0.717, 1.165) is 19.3 Å². The Bertz CT molecular complexity index is 473. The van der Waals surface area contributed by atoms with Crippen LogP contribution in [0.2, 0.25) is 0 Å². The van der Waals surface area contributed by atoms with Crippen LogP contribution in [0, 0.1) is 5.92 Å². The average molecular weight is 431 g/mol. The number of aliphatic hydroxyl groups excluding tert-OH is 1. The van der Waals surface area contributed by atoms with Crippen LogP contribution in [0.25, 0.3) is 0 Å². The van der Waals surface area contributed by atoms with Crippen LogP contribution in [0.5, 0.6) is 0 Å². The molecule has 8 nitrogen and oxygen atoms in total. The Morgan fingerprint density at radius 3 is 1.97 bits per heavy atom. The first-order chi connectivity index (χ1) is 14.4. The molecule has 0 fully saturated rings. The van der Waals surface area contributed by atoms with Gasteiger partial charge in [0, 0.05) is 38.5 Å². The minimum Gasteiger partial charge on any atom is -0.481 e. The molecule has 0 rings (SSSR count). The Labute approximate surface area is 181 Å². The first-order valence-corrected chi connectivity index (χ1v) is 11.5. The highest BCUT2D eigenvalue weighted by atomic mass is 16.4. The van der Waals surface area contributed by atoms with E-state index in [1.165, 1.54) is 32.1 Å². The summed E-state index contributed by atoms with van der Waals surface area (Å²) < 4.78 is 0. The van der Waals surface area contributed by atoms with Crippen LogP contribution >= 0.6 is 0 Å². The normalized spacial score (nSPS) is 11.9. The monoisotopic (exact) mass is 430 g/mol. The van der Waals surface area contributed by atoms with Gasteiger partial charge in [0.25, 0.3) is 0 Å². The first-order valence-electron chi connectivity index (χ1n) is 11.5. The second-order valence-electron chi connectivity index (χ2n) is 7.84. The lowest BCUT2D eigenvalue weighted by Gasteiger charge is -2.27. The zero-order chi connectivity index (χ0) is 22.6. The predicted molar refractivity (Wildman–Crippen MR) is 116 cm³/mol. The molecule has 0 aliphatic heterocycles. The standard InChI is InChI=1S/C22H42N2O6/c1-2-3-4-5-6-7-8-9-10-19(11-12-20(26)27)22(30)24(17-18-25)16-15-23-14-13-21(28)29/h19,23,25H,2-18H2,1H3,(H,26,27)(H,28,29). The number of aliphatic hydroxyl groups is 1. The van der Waals surface area contributed by atoms with E-state index in [2.05, 4.69) is 12.2 Å². The quantitative estimate of drug-likeness (QED) is 0.206. The predicted octanol–water partition coefficient (Wildman–Crippen LogP) is 2.88. The molecular weight excluding hydrogens is 388 g/mol. The summed E-state index contributed by atoms with van der Waals surface area (Å²) in [4.78, 5) is 36.1. The van der Waals surface area contributed by atoms with Crippen molar-refractivity contribution in [2.24, 2.45) is 5.92 Å². The van der Waals surface area contributed by atoms with Gasteiger partial charge in [0.05, 0.1) is 13.0 Å². The van der Waals surface area contributed by atoms with Crippen molar-refractivity contribution in [2.75, 3.05) is 32.8 Å². The molecule has 1 amide bonds. The Hall–Kier alpha value is -1.67. The van der Waals surface area contributed by atoms with E-state index in [4.69, 9.17) is 10.2 Å². The number of carbonyl (C=O) groups excluding carboxylic acids is 1. The number of carbonyl (C=O) groups is 3. The topological polar surface area (TPSA) is 127 Å². The maximum atomic E-state index is 13.0. The van der Waals surface area contributed by atoms with Crippen LogP contribution in [-0.4, -0.2) is 70.9 Å². The summed E-state index contributed by atoms with van der Waals surface area (Å²) in [5.41, 5.74) is 0. The zero-order valence-corrected chi connectivity index (χ0v) is 18.6. The van der Waals surface area contributed by atoms with Crippen LogP contribution in [0.15, 0.2) is 0 Å². The van der Waals surface area contributed by atoms with Crippen LogP contribution < -0.4 is 5.32 Å². The average Bonchev–Trinajstić information content (AvgIpc) is 2.70. The number of rotatable bonds is 21. The van der Waals surface area contributed by atoms with E-state index in [-0.39, 0.29) is 37.8 Å². The van der Waals surface area contributed by atoms with Gasteiger partial charge >= 0.3 is 11.9 Å². The third-order valence-electron chi connectivity index (χ3n) is 5.22. The van der Waals surface area contributed by atoms with Gasteiger partial charge in [0.1, 0.15) is 0 Å². The van der Waals surface area contributed by atoms with Gasteiger partial charge in [-0.1, -0.05) is 58.3 Å². The fourth-order valence-electron chi connectivity index (χ4n) is 3.46. The van der Waals surface area contributed by atoms with Gasteiger partial charge in [-0.15, -0.1) is 0 Å². The van der Waals surface area contributed by atoms with Crippen molar-refractivity contribution in [3.63, 3.8) is 0 Å². The zero-order valence-electron chi connectivity index (χ0n) is 18.6. The molecule has 176 valence electrons. The molecule has 0 aromatic rings. The molecule has 0 radical (unpaired) electrons. The van der Waals surface area contributed by atoms with Crippen molar-refractivity contribution in [1.29, 1.82) is 0 Å². The fraction of sp³-hybridized carbons (Fsp3) is 0.864. The highest BCUT2D eigenvalue weighted by molar-refractivity contribution is 5.79. The second-order valence-corrected chi connectivity index (χ2v) is 7.84. The van der Waals surface area contributed by atoms with Gasteiger partial charge in [0.2, 0.25) is 5.91 Å². The molecule has 0 aliphatic carbocycles. The van der Waals surface area contributed by atoms with E-state index in [9.17, 15) is 19.5 Å². The number of hydrogen-bond acceptors (Lipinski definition) is 5. The van der Waals surface area contributed by atoms with Crippen LogP contribution in [0.1, 0.15) is 84.0 Å². The molecule has 0 aromatic heterocycles. The maximum Gasteiger partial charge on any atom is 0.304 e. The van der Waals surface area contributed by atoms with E-state index in [1.54, 1.807) is 4.90 Å². The summed E-state index contributed by atoms with van der Waals surface area (Å²) in [6.07, 6.45) is 10.2. The Kier molecular flexibility index (Phi) is 18.2. The molecule has 0 heterocycles. The minimum atomic E-state index is -0.909. The lowest BCUT2D eigenvalue weighted by Crippen LogP contribution is -2.42. The summed E-state index contributed by atoms with van der Waals surface area (Å²) in [6, 6.07) is 0. The lowest BCUT2D eigenvalue weighted by molar-refractivity contribution is -0.140. The lowest BCUT2D eigenvalue weighted by atomic mass is 9.94. The SMILES string of the molecule is CCCCCCCCCCC(CCC(=O)O)C(=O)N(CCO)CCNCCC(=O)O. The van der Waals surface area contributed by atoms with Gasteiger partial charge in [-0.3, -0.25) is 14.4 Å². The molecule has 0 bridgehead atoms. The number of nitrogens with zero attached hydrogens (tertiary/aromatic N) is 1. The Morgan fingerprint density at radius 1 is 0.800 bits per heavy atom. The molecule has 30 heavy (non-hydrogen) atoms. The van der Waals surface area contributed by atoms with Crippen molar-refractivity contribution in [2.45, 2.75) is 84.0 Å². The van der Waals surface area contributed by atoms with Crippen molar-refractivity contribution < 1.29 is 29.7 Å². The van der Waals surface area contributed by atoms with Crippen molar-refractivity contribution in [3.8, 4) is 0 Å². The van der Waals surface area contributed by atoms with Crippen molar-refractivity contribution >= 4 is 17.8 Å². The highest BCUT2D eigenvalue weighted by Crippen LogP contribution is 2.20. The van der Waals surface area contributed by atoms with Gasteiger partial charge in [0.15, 0.2) is 0 Å². The molecule has 1 atom stereocenters. The van der Waals surface area contributed by atoms with Gasteiger partial charge in [-0.05, 0) is 12.8 Å². The minimum absolute atomic E-state index is 0.00757. The largest absolute Gasteiger partial charge is 0.481 e. The molecule has 1 unspecified atom stereocenters. The molecular formula is C22H42N2O6.